The fourth-order valence-electron chi connectivity index (χ4n) is 3.29. The highest BCUT2D eigenvalue weighted by Gasteiger charge is 2.44. The number of ether oxygens (including phenoxy) is 1. The summed E-state index contributed by atoms with van der Waals surface area (Å²) in [7, 11) is 0. The molecule has 124 valence electrons. The van der Waals surface area contributed by atoms with E-state index < -0.39 is 6.04 Å². The Hall–Kier alpha value is -0.760. The summed E-state index contributed by atoms with van der Waals surface area (Å²) in [6.07, 6.45) is 0.353. The summed E-state index contributed by atoms with van der Waals surface area (Å²) < 4.78 is 7.33. The molecule has 1 aromatic carbocycles. The Labute approximate surface area is 152 Å². The van der Waals surface area contributed by atoms with Crippen LogP contribution in [0.15, 0.2) is 27.1 Å². The van der Waals surface area contributed by atoms with Crippen LogP contribution in [0.25, 0.3) is 0 Å². The van der Waals surface area contributed by atoms with Crippen molar-refractivity contribution in [2.24, 2.45) is 0 Å². The molecule has 0 unspecified atom stereocenters. The van der Waals surface area contributed by atoms with Crippen molar-refractivity contribution in [1.29, 1.82) is 0 Å². The van der Waals surface area contributed by atoms with Crippen LogP contribution in [0.3, 0.4) is 0 Å². The lowest BCUT2D eigenvalue weighted by Gasteiger charge is -2.37. The zero-order valence-electron chi connectivity index (χ0n) is 13.0. The molecule has 1 aromatic rings. The Balaban J connectivity index is 1.85. The van der Waals surface area contributed by atoms with Gasteiger partial charge in [-0.2, -0.15) is 0 Å². The third-order valence-electron chi connectivity index (χ3n) is 4.16. The third-order valence-corrected chi connectivity index (χ3v) is 5.29. The van der Waals surface area contributed by atoms with Gasteiger partial charge in [-0.15, -0.1) is 0 Å². The van der Waals surface area contributed by atoms with E-state index in [-0.39, 0.29) is 30.4 Å². The third kappa shape index (κ3) is 3.38. The number of hydrogen-bond donors (Lipinski definition) is 0. The Morgan fingerprint density at radius 2 is 1.78 bits per heavy atom. The van der Waals surface area contributed by atoms with Crippen LogP contribution < -0.4 is 4.90 Å². The molecule has 2 aliphatic heterocycles. The molecule has 2 fully saturated rings. The van der Waals surface area contributed by atoms with Gasteiger partial charge in [0.05, 0.1) is 30.4 Å². The summed E-state index contributed by atoms with van der Waals surface area (Å²) in [6.45, 7) is 5.33. The van der Waals surface area contributed by atoms with Crippen molar-refractivity contribution in [3.63, 3.8) is 0 Å². The number of hydrogen-bond acceptors (Lipinski definition) is 4. The van der Waals surface area contributed by atoms with E-state index in [1.54, 1.807) is 6.07 Å². The van der Waals surface area contributed by atoms with Crippen LogP contribution in [-0.4, -0.2) is 48.1 Å². The number of carbonyl (C=O) groups excluding carboxylic acids is 2. The normalized spacial score (nSPS) is 29.4. The lowest BCUT2D eigenvalue weighted by Crippen LogP contribution is -2.52. The topological polar surface area (TPSA) is 49.9 Å². The largest absolute Gasteiger partial charge is 0.373 e. The van der Waals surface area contributed by atoms with Gasteiger partial charge in [0.25, 0.3) is 5.91 Å². The number of halogens is 2. The van der Waals surface area contributed by atoms with Gasteiger partial charge < -0.3 is 4.74 Å². The molecule has 2 aliphatic rings. The Bertz CT molecular complexity index is 642. The first-order valence-electron chi connectivity index (χ1n) is 7.58. The smallest absolute Gasteiger partial charge is 0.251 e. The number of imide groups is 1. The van der Waals surface area contributed by atoms with Crippen molar-refractivity contribution in [3.8, 4) is 0 Å². The van der Waals surface area contributed by atoms with Gasteiger partial charge in [0, 0.05) is 22.0 Å². The van der Waals surface area contributed by atoms with Crippen LogP contribution in [-0.2, 0) is 14.3 Å². The van der Waals surface area contributed by atoms with E-state index >= 15 is 0 Å². The summed E-state index contributed by atoms with van der Waals surface area (Å²) in [5.41, 5.74) is 0.597. The van der Waals surface area contributed by atoms with Crippen molar-refractivity contribution in [2.75, 3.05) is 18.0 Å². The number of anilines is 1. The van der Waals surface area contributed by atoms with E-state index in [4.69, 9.17) is 4.74 Å². The highest BCUT2D eigenvalue weighted by atomic mass is 79.9. The van der Waals surface area contributed by atoms with E-state index in [1.165, 1.54) is 4.90 Å². The van der Waals surface area contributed by atoms with Crippen LogP contribution in [0.1, 0.15) is 20.3 Å². The first-order valence-corrected chi connectivity index (χ1v) is 9.16. The Morgan fingerprint density at radius 3 is 2.39 bits per heavy atom. The minimum absolute atomic E-state index is 0.0649. The number of nitrogens with zero attached hydrogens (tertiary/aromatic N) is 2. The predicted molar refractivity (Wildman–Crippen MR) is 94.3 cm³/mol. The van der Waals surface area contributed by atoms with Crippen molar-refractivity contribution < 1.29 is 14.3 Å². The van der Waals surface area contributed by atoms with Crippen molar-refractivity contribution in [3.05, 3.63) is 27.1 Å². The molecule has 2 amide bonds. The molecular weight excluding hydrogens is 428 g/mol. The van der Waals surface area contributed by atoms with Crippen LogP contribution in [0.4, 0.5) is 5.69 Å². The standard InChI is InChI=1S/C16H18Br2N2O3/c1-9-7-19(8-10(2)23-9)14-6-15(21)20(16(14)22)13-4-3-11(17)5-12(13)18/h3-5,9-10,14H,6-8H2,1-2H3/t9-,10+,14-/m0/s1. The average Bonchev–Trinajstić information content (AvgIpc) is 2.74. The van der Waals surface area contributed by atoms with Gasteiger partial charge in [0.2, 0.25) is 5.91 Å². The molecule has 0 bridgehead atoms. The monoisotopic (exact) mass is 444 g/mol. The van der Waals surface area contributed by atoms with Gasteiger partial charge >= 0.3 is 0 Å². The van der Waals surface area contributed by atoms with Crippen LogP contribution in [0.5, 0.6) is 0 Å². The molecule has 23 heavy (non-hydrogen) atoms. The number of benzene rings is 1. The molecule has 5 nitrogen and oxygen atoms in total. The molecule has 0 aromatic heterocycles. The first-order chi connectivity index (χ1) is 10.9. The molecule has 0 N–H and O–H groups in total. The number of carbonyl (C=O) groups is 2. The number of morpholine rings is 1. The van der Waals surface area contributed by atoms with Crippen molar-refractivity contribution in [1.82, 2.24) is 4.90 Å². The molecule has 0 spiro atoms. The fourth-order valence-corrected chi connectivity index (χ4v) is 4.51. The molecule has 3 atom stereocenters. The highest BCUT2D eigenvalue weighted by Crippen LogP contribution is 2.34. The SMILES string of the molecule is C[C@@H]1CN([C@H]2CC(=O)N(c3ccc(Br)cc3Br)C2=O)C[C@H](C)O1. The maximum absolute atomic E-state index is 12.9. The number of rotatable bonds is 2. The minimum Gasteiger partial charge on any atom is -0.373 e. The van der Waals surface area contributed by atoms with Gasteiger partial charge in [-0.3, -0.25) is 14.5 Å². The second kappa shape index (κ2) is 6.63. The van der Waals surface area contributed by atoms with Gasteiger partial charge in [-0.25, -0.2) is 4.90 Å². The highest BCUT2D eigenvalue weighted by molar-refractivity contribution is 9.11. The van der Waals surface area contributed by atoms with Crippen LogP contribution in [0, 0.1) is 0 Å². The quantitative estimate of drug-likeness (QED) is 0.656. The summed E-state index contributed by atoms with van der Waals surface area (Å²) in [5.74, 6) is -0.311. The van der Waals surface area contributed by atoms with Gasteiger partial charge in [0.1, 0.15) is 0 Å². The van der Waals surface area contributed by atoms with E-state index in [2.05, 4.69) is 36.8 Å². The zero-order chi connectivity index (χ0) is 16.7. The second-order valence-corrected chi connectivity index (χ2v) is 7.86. The zero-order valence-corrected chi connectivity index (χ0v) is 16.1. The molecule has 2 saturated heterocycles. The summed E-state index contributed by atoms with van der Waals surface area (Å²) in [4.78, 5) is 28.7. The molecular formula is C16H18Br2N2O3. The molecule has 2 heterocycles. The number of amides is 2. The Morgan fingerprint density at radius 1 is 1.13 bits per heavy atom. The van der Waals surface area contributed by atoms with Crippen molar-refractivity contribution >= 4 is 49.4 Å². The molecule has 0 radical (unpaired) electrons. The molecule has 0 saturated carbocycles. The van der Waals surface area contributed by atoms with Crippen molar-refractivity contribution in [2.45, 2.75) is 38.5 Å². The minimum atomic E-state index is -0.396. The fraction of sp³-hybridized carbons (Fsp3) is 0.500. The van der Waals surface area contributed by atoms with Crippen LogP contribution in [0.2, 0.25) is 0 Å². The summed E-state index contributed by atoms with van der Waals surface area (Å²) >= 11 is 6.82. The van der Waals surface area contributed by atoms with Gasteiger partial charge in [-0.05, 0) is 48.0 Å². The van der Waals surface area contributed by atoms with E-state index in [9.17, 15) is 9.59 Å². The summed E-state index contributed by atoms with van der Waals surface area (Å²) in [6, 6.07) is 5.04. The van der Waals surface area contributed by atoms with Gasteiger partial charge in [-0.1, -0.05) is 15.9 Å². The summed E-state index contributed by atoms with van der Waals surface area (Å²) in [5, 5.41) is 0. The predicted octanol–water partition coefficient (Wildman–Crippen LogP) is 2.95. The Kier molecular flexibility index (Phi) is 4.92. The molecule has 3 rings (SSSR count). The average molecular weight is 446 g/mol. The lowest BCUT2D eigenvalue weighted by molar-refractivity contribution is -0.127. The van der Waals surface area contributed by atoms with Crippen LogP contribution >= 0.6 is 31.9 Å². The lowest BCUT2D eigenvalue weighted by atomic mass is 10.1. The van der Waals surface area contributed by atoms with Gasteiger partial charge in [0.15, 0.2) is 0 Å². The maximum atomic E-state index is 12.9. The second-order valence-electron chi connectivity index (χ2n) is 6.09. The molecule has 7 heteroatoms. The molecule has 0 aliphatic carbocycles. The first kappa shape index (κ1) is 17.1. The van der Waals surface area contributed by atoms with E-state index in [0.29, 0.717) is 18.8 Å². The maximum Gasteiger partial charge on any atom is 0.251 e. The van der Waals surface area contributed by atoms with E-state index in [0.717, 1.165) is 8.95 Å². The van der Waals surface area contributed by atoms with E-state index in [1.807, 2.05) is 26.0 Å².